The molecule has 0 aromatic heterocycles. The van der Waals surface area contributed by atoms with Crippen molar-refractivity contribution in [3.63, 3.8) is 0 Å². The molecule has 0 aliphatic rings. The van der Waals surface area contributed by atoms with Crippen LogP contribution in [0.3, 0.4) is 0 Å². The molecule has 20 heavy (non-hydrogen) atoms. The van der Waals surface area contributed by atoms with Crippen LogP contribution in [0.5, 0.6) is 11.5 Å². The molecular formula is C14H14ClFN2O2. The number of nitrogen functional groups attached to an aromatic ring is 1. The summed E-state index contributed by atoms with van der Waals surface area (Å²) in [5, 5.41) is 3.23. The topological polar surface area (TPSA) is 56.5 Å². The van der Waals surface area contributed by atoms with Gasteiger partial charge in [0.05, 0.1) is 31.3 Å². The van der Waals surface area contributed by atoms with Gasteiger partial charge in [-0.3, -0.25) is 0 Å². The van der Waals surface area contributed by atoms with Crippen LogP contribution in [0.15, 0.2) is 30.3 Å². The molecule has 3 N–H and O–H groups in total. The number of rotatable bonds is 4. The van der Waals surface area contributed by atoms with Crippen LogP contribution in [0.25, 0.3) is 0 Å². The first-order valence-electron chi connectivity index (χ1n) is 5.78. The van der Waals surface area contributed by atoms with E-state index in [0.29, 0.717) is 27.9 Å². The third-order valence-electron chi connectivity index (χ3n) is 2.76. The molecule has 2 aromatic rings. The Bertz CT molecular complexity index is 635. The fraction of sp³-hybridized carbons (Fsp3) is 0.143. The van der Waals surface area contributed by atoms with Crippen LogP contribution in [0, 0.1) is 5.82 Å². The third-order valence-corrected chi connectivity index (χ3v) is 2.99. The molecule has 0 radical (unpaired) electrons. The number of benzene rings is 2. The number of hydrogen-bond acceptors (Lipinski definition) is 4. The second-order valence-corrected chi connectivity index (χ2v) is 4.48. The molecule has 2 rings (SSSR count). The van der Waals surface area contributed by atoms with Gasteiger partial charge in [-0.2, -0.15) is 0 Å². The molecule has 0 spiro atoms. The minimum Gasteiger partial charge on any atom is -0.493 e. The predicted octanol–water partition coefficient (Wildman–Crippen LogP) is 3.82. The average Bonchev–Trinajstić information content (AvgIpc) is 2.43. The zero-order valence-corrected chi connectivity index (χ0v) is 11.8. The van der Waals surface area contributed by atoms with E-state index in [4.69, 9.17) is 26.8 Å². The van der Waals surface area contributed by atoms with E-state index in [2.05, 4.69) is 5.32 Å². The lowest BCUT2D eigenvalue weighted by molar-refractivity contribution is 0.355. The standard InChI is InChI=1S/C14H14ClFN2O2/c1-19-13-6-10(17)12(7-14(13)20-2)18-11-4-3-8(15)5-9(11)16/h3-7,18H,17H2,1-2H3. The van der Waals surface area contributed by atoms with Crippen molar-refractivity contribution >= 4 is 28.7 Å². The zero-order valence-electron chi connectivity index (χ0n) is 11.0. The molecule has 6 heteroatoms. The SMILES string of the molecule is COc1cc(N)c(Nc2ccc(Cl)cc2F)cc1OC. The third kappa shape index (κ3) is 2.88. The van der Waals surface area contributed by atoms with Crippen LogP contribution in [0.1, 0.15) is 0 Å². The van der Waals surface area contributed by atoms with E-state index in [9.17, 15) is 4.39 Å². The summed E-state index contributed by atoms with van der Waals surface area (Å²) in [5.74, 6) is 0.539. The molecule has 0 atom stereocenters. The summed E-state index contributed by atoms with van der Waals surface area (Å²) in [6, 6.07) is 7.59. The Balaban J connectivity index is 2.38. The molecule has 0 unspecified atom stereocenters. The van der Waals surface area contributed by atoms with Crippen LogP contribution < -0.4 is 20.5 Å². The quantitative estimate of drug-likeness (QED) is 0.842. The highest BCUT2D eigenvalue weighted by Crippen LogP contribution is 2.36. The van der Waals surface area contributed by atoms with E-state index < -0.39 is 5.82 Å². The highest BCUT2D eigenvalue weighted by molar-refractivity contribution is 6.30. The van der Waals surface area contributed by atoms with Gasteiger partial charge in [0, 0.05) is 17.2 Å². The van der Waals surface area contributed by atoms with Gasteiger partial charge in [-0.05, 0) is 18.2 Å². The summed E-state index contributed by atoms with van der Waals surface area (Å²) in [6.07, 6.45) is 0. The molecule has 0 aliphatic carbocycles. The number of methoxy groups -OCH3 is 2. The van der Waals surface area contributed by atoms with E-state index in [1.165, 1.54) is 26.4 Å². The molecule has 2 aromatic carbocycles. The number of ether oxygens (including phenoxy) is 2. The monoisotopic (exact) mass is 296 g/mol. The van der Waals surface area contributed by atoms with Crippen LogP contribution in [0.2, 0.25) is 5.02 Å². The number of nitrogens with one attached hydrogen (secondary N) is 1. The van der Waals surface area contributed by atoms with Gasteiger partial charge < -0.3 is 20.5 Å². The number of nitrogens with two attached hydrogens (primary N) is 1. The summed E-state index contributed by atoms with van der Waals surface area (Å²) in [5.41, 5.74) is 7.10. The summed E-state index contributed by atoms with van der Waals surface area (Å²) >= 11 is 5.71. The van der Waals surface area contributed by atoms with Gasteiger partial charge in [-0.1, -0.05) is 11.6 Å². The smallest absolute Gasteiger partial charge is 0.162 e. The Morgan fingerprint density at radius 1 is 1.05 bits per heavy atom. The molecule has 0 heterocycles. The van der Waals surface area contributed by atoms with Crippen molar-refractivity contribution in [3.05, 3.63) is 41.2 Å². The number of hydrogen-bond donors (Lipinski definition) is 2. The highest BCUT2D eigenvalue weighted by atomic mass is 35.5. The Morgan fingerprint density at radius 2 is 1.70 bits per heavy atom. The number of anilines is 3. The minimum atomic E-state index is -0.466. The second-order valence-electron chi connectivity index (χ2n) is 4.04. The minimum absolute atomic E-state index is 0.272. The van der Waals surface area contributed by atoms with E-state index >= 15 is 0 Å². The first kappa shape index (κ1) is 14.3. The van der Waals surface area contributed by atoms with E-state index in [1.54, 1.807) is 18.2 Å². The Labute approximate surface area is 121 Å². The molecule has 4 nitrogen and oxygen atoms in total. The largest absolute Gasteiger partial charge is 0.493 e. The first-order valence-corrected chi connectivity index (χ1v) is 6.16. The summed E-state index contributed by atoms with van der Waals surface area (Å²) in [7, 11) is 3.03. The molecule has 0 saturated carbocycles. The summed E-state index contributed by atoms with van der Waals surface area (Å²) in [4.78, 5) is 0. The van der Waals surface area contributed by atoms with Crippen molar-refractivity contribution < 1.29 is 13.9 Å². The van der Waals surface area contributed by atoms with Gasteiger partial charge in [-0.25, -0.2) is 4.39 Å². The Morgan fingerprint density at radius 3 is 2.30 bits per heavy atom. The van der Waals surface area contributed by atoms with Crippen LogP contribution >= 0.6 is 11.6 Å². The lowest BCUT2D eigenvalue weighted by Gasteiger charge is -2.14. The summed E-state index contributed by atoms with van der Waals surface area (Å²) < 4.78 is 24.1. The van der Waals surface area contributed by atoms with Crippen molar-refractivity contribution in [1.82, 2.24) is 0 Å². The molecule has 0 bridgehead atoms. The maximum absolute atomic E-state index is 13.8. The lowest BCUT2D eigenvalue weighted by atomic mass is 10.2. The first-order chi connectivity index (χ1) is 9.55. The van der Waals surface area contributed by atoms with Crippen LogP contribution in [0.4, 0.5) is 21.5 Å². The zero-order chi connectivity index (χ0) is 14.7. The molecule has 0 amide bonds. The maximum Gasteiger partial charge on any atom is 0.162 e. The second kappa shape index (κ2) is 5.88. The van der Waals surface area contributed by atoms with Crippen molar-refractivity contribution in [2.24, 2.45) is 0 Å². The molecular weight excluding hydrogens is 283 g/mol. The highest BCUT2D eigenvalue weighted by Gasteiger charge is 2.11. The fourth-order valence-electron chi connectivity index (χ4n) is 1.74. The van der Waals surface area contributed by atoms with Gasteiger partial charge >= 0.3 is 0 Å². The van der Waals surface area contributed by atoms with Crippen molar-refractivity contribution in [1.29, 1.82) is 0 Å². The van der Waals surface area contributed by atoms with Gasteiger partial charge in [0.1, 0.15) is 5.82 Å². The van der Waals surface area contributed by atoms with Crippen LogP contribution in [-0.2, 0) is 0 Å². The predicted molar refractivity (Wildman–Crippen MR) is 78.7 cm³/mol. The van der Waals surface area contributed by atoms with Crippen LogP contribution in [-0.4, -0.2) is 14.2 Å². The summed E-state index contributed by atoms with van der Waals surface area (Å²) in [6.45, 7) is 0. The van der Waals surface area contributed by atoms with Crippen molar-refractivity contribution in [3.8, 4) is 11.5 Å². The van der Waals surface area contributed by atoms with Gasteiger partial charge in [0.2, 0.25) is 0 Å². The average molecular weight is 297 g/mol. The normalized spacial score (nSPS) is 10.2. The Kier molecular flexibility index (Phi) is 4.20. The molecule has 0 aliphatic heterocycles. The van der Waals surface area contributed by atoms with E-state index in [0.717, 1.165) is 0 Å². The van der Waals surface area contributed by atoms with Gasteiger partial charge in [0.25, 0.3) is 0 Å². The lowest BCUT2D eigenvalue weighted by Crippen LogP contribution is -2.00. The molecule has 106 valence electrons. The van der Waals surface area contributed by atoms with E-state index in [-0.39, 0.29) is 5.69 Å². The fourth-order valence-corrected chi connectivity index (χ4v) is 1.90. The van der Waals surface area contributed by atoms with Gasteiger partial charge in [-0.15, -0.1) is 0 Å². The molecule has 0 fully saturated rings. The van der Waals surface area contributed by atoms with Crippen molar-refractivity contribution in [2.45, 2.75) is 0 Å². The molecule has 0 saturated heterocycles. The van der Waals surface area contributed by atoms with Crippen molar-refractivity contribution in [2.75, 3.05) is 25.3 Å². The number of halogens is 2. The maximum atomic E-state index is 13.8. The Hall–Kier alpha value is -2.14. The van der Waals surface area contributed by atoms with E-state index in [1.807, 2.05) is 0 Å². The van der Waals surface area contributed by atoms with Gasteiger partial charge in [0.15, 0.2) is 11.5 Å².